The third-order valence-corrected chi connectivity index (χ3v) is 7.78. The van der Waals surface area contributed by atoms with Gasteiger partial charge in [-0.25, -0.2) is 4.98 Å². The van der Waals surface area contributed by atoms with Crippen LogP contribution in [0.5, 0.6) is 0 Å². The van der Waals surface area contributed by atoms with Gasteiger partial charge in [0.05, 0.1) is 22.8 Å². The maximum absolute atomic E-state index is 12.7. The summed E-state index contributed by atoms with van der Waals surface area (Å²) in [6.45, 7) is 1.96. The minimum absolute atomic E-state index is 0.0464. The Kier molecular flexibility index (Phi) is 7.03. The van der Waals surface area contributed by atoms with Crippen LogP contribution in [-0.4, -0.2) is 58.2 Å². The number of fused-ring (bicyclic) bond motifs is 1. The number of likely N-dealkylation sites (N-methyl/N-ethyl adjacent to an activating group) is 1. The van der Waals surface area contributed by atoms with Crippen LogP contribution in [0.4, 0.5) is 5.82 Å². The van der Waals surface area contributed by atoms with E-state index < -0.39 is 0 Å². The Morgan fingerprint density at radius 3 is 2.69 bits per heavy atom. The predicted octanol–water partition coefficient (Wildman–Crippen LogP) is 3.53. The van der Waals surface area contributed by atoms with Gasteiger partial charge in [0.25, 0.3) is 0 Å². The number of hydrogen-bond donors (Lipinski definition) is 3. The quantitative estimate of drug-likeness (QED) is 0.552. The Bertz CT molecular complexity index is 1010. The first kappa shape index (κ1) is 23.0. The van der Waals surface area contributed by atoms with E-state index in [-0.39, 0.29) is 29.9 Å². The van der Waals surface area contributed by atoms with Gasteiger partial charge in [0.1, 0.15) is 11.9 Å². The summed E-state index contributed by atoms with van der Waals surface area (Å²) in [5, 5.41) is 26.2. The molecule has 8 nitrogen and oxygen atoms in total. The second-order valence-corrected chi connectivity index (χ2v) is 9.88. The summed E-state index contributed by atoms with van der Waals surface area (Å²) < 4.78 is 6.25. The van der Waals surface area contributed by atoms with Gasteiger partial charge in [0, 0.05) is 29.6 Å². The van der Waals surface area contributed by atoms with Crippen molar-refractivity contribution in [2.45, 2.75) is 82.1 Å². The van der Waals surface area contributed by atoms with Crippen molar-refractivity contribution in [2.24, 2.45) is 0 Å². The number of furan rings is 1. The number of carbonyl (C=O) groups excluding carboxylic acids is 1. The molecule has 0 aliphatic heterocycles. The van der Waals surface area contributed by atoms with E-state index in [4.69, 9.17) is 9.68 Å². The lowest BCUT2D eigenvalue weighted by Crippen LogP contribution is -2.51. The molecule has 2 fully saturated rings. The first-order chi connectivity index (χ1) is 15.4. The first-order valence-electron chi connectivity index (χ1n) is 11.3. The van der Waals surface area contributed by atoms with E-state index >= 15 is 0 Å². The Labute approximate surface area is 196 Å². The summed E-state index contributed by atoms with van der Waals surface area (Å²) in [5.74, 6) is 1.07. The zero-order valence-electron chi connectivity index (χ0n) is 18.5. The molecule has 32 heavy (non-hydrogen) atoms. The third kappa shape index (κ3) is 4.92. The molecule has 2 heterocycles. The number of anilines is 1. The molecule has 2 aliphatic carbocycles. The van der Waals surface area contributed by atoms with Gasteiger partial charge in [-0.1, -0.05) is 0 Å². The van der Waals surface area contributed by atoms with E-state index in [1.165, 1.54) is 0 Å². The Balaban J connectivity index is 1.30. The number of aromatic nitrogens is 1. The highest BCUT2D eigenvalue weighted by Gasteiger charge is 2.31. The molecule has 1 amide bonds. The SMILES string of the molecule is C[C@H](C(=O)N[C@H]1CC[C@H](O)C1)N(C)C1CCC(Nc2ncc3oc(C#N)cc3c2Br)CC1. The molecule has 9 heteroatoms. The van der Waals surface area contributed by atoms with E-state index in [0.717, 1.165) is 54.2 Å². The van der Waals surface area contributed by atoms with Gasteiger partial charge in [0.2, 0.25) is 11.7 Å². The van der Waals surface area contributed by atoms with E-state index in [2.05, 4.69) is 36.4 Å². The largest absolute Gasteiger partial charge is 0.444 e. The topological polar surface area (TPSA) is 114 Å². The molecule has 3 N–H and O–H groups in total. The minimum Gasteiger partial charge on any atom is -0.444 e. The standard InChI is InChI=1S/C23H30BrN5O3/c1-13(23(31)28-15-5-8-17(30)9-15)29(2)16-6-3-14(4-7-16)27-22-21(24)19-10-18(11-25)32-20(19)12-26-22/h10,12-17,30H,3-9H2,1-2H3,(H,26,27)(H,28,31)/t13-,14?,15+,16?,17+/m1/s1. The van der Waals surface area contributed by atoms with Crippen LogP contribution < -0.4 is 10.6 Å². The highest BCUT2D eigenvalue weighted by atomic mass is 79.9. The molecule has 0 saturated heterocycles. The molecule has 2 saturated carbocycles. The van der Waals surface area contributed by atoms with E-state index in [1.54, 1.807) is 12.3 Å². The van der Waals surface area contributed by atoms with Crippen molar-refractivity contribution < 1.29 is 14.3 Å². The predicted molar refractivity (Wildman–Crippen MR) is 125 cm³/mol. The number of aliphatic hydroxyl groups excluding tert-OH is 1. The van der Waals surface area contributed by atoms with Crippen LogP contribution >= 0.6 is 15.9 Å². The van der Waals surface area contributed by atoms with E-state index in [0.29, 0.717) is 24.1 Å². The van der Waals surface area contributed by atoms with E-state index in [9.17, 15) is 9.90 Å². The van der Waals surface area contributed by atoms with Crippen molar-refractivity contribution in [3.8, 4) is 6.07 Å². The van der Waals surface area contributed by atoms with Gasteiger partial charge >= 0.3 is 0 Å². The average Bonchev–Trinajstić information content (AvgIpc) is 3.41. The number of pyridine rings is 1. The fourth-order valence-corrected chi connectivity index (χ4v) is 5.39. The Hall–Kier alpha value is -2.15. The van der Waals surface area contributed by atoms with Crippen LogP contribution in [0.15, 0.2) is 21.2 Å². The molecule has 0 spiro atoms. The van der Waals surface area contributed by atoms with Crippen LogP contribution in [0, 0.1) is 11.3 Å². The van der Waals surface area contributed by atoms with Crippen LogP contribution in [0.3, 0.4) is 0 Å². The molecule has 0 radical (unpaired) electrons. The lowest BCUT2D eigenvalue weighted by atomic mass is 9.89. The Morgan fingerprint density at radius 2 is 2.03 bits per heavy atom. The fraction of sp³-hybridized carbons (Fsp3) is 0.609. The molecule has 0 aromatic carbocycles. The smallest absolute Gasteiger partial charge is 0.237 e. The molecule has 2 aliphatic rings. The summed E-state index contributed by atoms with van der Waals surface area (Å²) in [4.78, 5) is 19.3. The number of nitrogens with one attached hydrogen (secondary N) is 2. The monoisotopic (exact) mass is 503 g/mol. The number of nitriles is 1. The summed E-state index contributed by atoms with van der Waals surface area (Å²) in [6, 6.07) is 4.29. The summed E-state index contributed by atoms with van der Waals surface area (Å²) in [5.41, 5.74) is 0.587. The average molecular weight is 504 g/mol. The van der Waals surface area contributed by atoms with Gasteiger partial charge < -0.3 is 20.2 Å². The van der Waals surface area contributed by atoms with Crippen molar-refractivity contribution in [1.29, 1.82) is 5.26 Å². The number of rotatable bonds is 6. The lowest BCUT2D eigenvalue weighted by Gasteiger charge is -2.38. The molecular formula is C23H30BrN5O3. The molecule has 3 atom stereocenters. The van der Waals surface area contributed by atoms with Gasteiger partial charge in [-0.15, -0.1) is 0 Å². The summed E-state index contributed by atoms with van der Waals surface area (Å²) in [7, 11) is 2.03. The molecule has 0 bridgehead atoms. The fourth-order valence-electron chi connectivity index (χ4n) is 4.87. The summed E-state index contributed by atoms with van der Waals surface area (Å²) >= 11 is 3.60. The van der Waals surface area contributed by atoms with Gasteiger partial charge in [0.15, 0.2) is 5.58 Å². The number of nitrogens with zero attached hydrogens (tertiary/aromatic N) is 3. The summed E-state index contributed by atoms with van der Waals surface area (Å²) in [6.07, 6.45) is 7.61. The highest BCUT2D eigenvalue weighted by Crippen LogP contribution is 2.34. The first-order valence-corrected chi connectivity index (χ1v) is 12.1. The lowest BCUT2D eigenvalue weighted by molar-refractivity contribution is -0.127. The normalized spacial score (nSPS) is 26.8. The molecule has 2 aromatic rings. The van der Waals surface area contributed by atoms with Gasteiger partial charge in [-0.2, -0.15) is 5.26 Å². The number of carbonyl (C=O) groups is 1. The van der Waals surface area contributed by atoms with Gasteiger partial charge in [-0.05, 0) is 74.8 Å². The number of hydrogen-bond acceptors (Lipinski definition) is 7. The minimum atomic E-state index is -0.284. The molecule has 172 valence electrons. The van der Waals surface area contributed by atoms with Crippen LogP contribution in [0.2, 0.25) is 0 Å². The highest BCUT2D eigenvalue weighted by molar-refractivity contribution is 9.10. The van der Waals surface area contributed by atoms with Crippen molar-refractivity contribution in [2.75, 3.05) is 12.4 Å². The second kappa shape index (κ2) is 9.77. The zero-order valence-corrected chi connectivity index (χ0v) is 20.1. The van der Waals surface area contributed by atoms with Gasteiger partial charge in [-0.3, -0.25) is 9.69 Å². The third-order valence-electron chi connectivity index (χ3n) is 6.98. The van der Waals surface area contributed by atoms with Crippen molar-refractivity contribution in [3.05, 3.63) is 22.5 Å². The second-order valence-electron chi connectivity index (χ2n) is 9.08. The van der Waals surface area contributed by atoms with Crippen molar-refractivity contribution in [1.82, 2.24) is 15.2 Å². The number of aliphatic hydroxyl groups is 1. The number of halogens is 1. The maximum Gasteiger partial charge on any atom is 0.237 e. The number of amides is 1. The van der Waals surface area contributed by atoms with E-state index in [1.807, 2.05) is 20.0 Å². The maximum atomic E-state index is 12.7. The van der Waals surface area contributed by atoms with Crippen LogP contribution in [0.1, 0.15) is 57.6 Å². The molecular weight excluding hydrogens is 474 g/mol. The molecule has 2 aromatic heterocycles. The van der Waals surface area contributed by atoms with Crippen LogP contribution in [-0.2, 0) is 4.79 Å². The van der Waals surface area contributed by atoms with Crippen LogP contribution in [0.25, 0.3) is 11.0 Å². The van der Waals surface area contributed by atoms with Crippen molar-refractivity contribution in [3.63, 3.8) is 0 Å². The molecule has 0 unspecified atom stereocenters. The zero-order chi connectivity index (χ0) is 22.8. The molecule has 4 rings (SSSR count). The Morgan fingerprint density at radius 1 is 1.31 bits per heavy atom. The van der Waals surface area contributed by atoms with Crippen molar-refractivity contribution >= 4 is 38.6 Å².